The standard InChI is InChI=1S/C11H22O2/c1-2-3-4-5-6-7-8-9-11-12-10-13-11/h11H,2-10H2,1H3. The molecule has 0 aromatic heterocycles. The Hall–Kier alpha value is -0.0800. The molecule has 0 amide bonds. The van der Waals surface area contributed by atoms with E-state index in [0.717, 1.165) is 6.42 Å². The van der Waals surface area contributed by atoms with Crippen LogP contribution in [-0.4, -0.2) is 13.1 Å². The van der Waals surface area contributed by atoms with Crippen LogP contribution in [-0.2, 0) is 9.47 Å². The largest absolute Gasteiger partial charge is 0.326 e. The Morgan fingerprint density at radius 2 is 1.54 bits per heavy atom. The fraction of sp³-hybridized carbons (Fsp3) is 1.00. The zero-order valence-corrected chi connectivity index (χ0v) is 8.76. The summed E-state index contributed by atoms with van der Waals surface area (Å²) in [6.45, 7) is 2.77. The summed E-state index contributed by atoms with van der Waals surface area (Å²) in [5, 5.41) is 0. The Morgan fingerprint density at radius 3 is 2.08 bits per heavy atom. The normalized spacial score (nSPS) is 17.3. The maximum atomic E-state index is 5.15. The fourth-order valence-corrected chi connectivity index (χ4v) is 1.60. The predicted molar refractivity (Wildman–Crippen MR) is 53.4 cm³/mol. The SMILES string of the molecule is CCCCCCCCCC1OCO1. The minimum atomic E-state index is 0.135. The highest BCUT2D eigenvalue weighted by Crippen LogP contribution is 2.16. The zero-order valence-electron chi connectivity index (χ0n) is 8.76. The molecule has 1 aliphatic rings. The van der Waals surface area contributed by atoms with Crippen molar-refractivity contribution in [3.63, 3.8) is 0 Å². The lowest BCUT2D eigenvalue weighted by molar-refractivity contribution is -0.322. The van der Waals surface area contributed by atoms with E-state index in [9.17, 15) is 0 Å². The molecule has 0 bridgehead atoms. The molecule has 13 heavy (non-hydrogen) atoms. The third-order valence-corrected chi connectivity index (χ3v) is 2.55. The Kier molecular flexibility index (Phi) is 6.21. The highest BCUT2D eigenvalue weighted by molar-refractivity contribution is 4.51. The van der Waals surface area contributed by atoms with Crippen LogP contribution in [0.4, 0.5) is 0 Å². The van der Waals surface area contributed by atoms with Gasteiger partial charge in [0.2, 0.25) is 0 Å². The summed E-state index contributed by atoms with van der Waals surface area (Å²) < 4.78 is 10.3. The van der Waals surface area contributed by atoms with Crippen molar-refractivity contribution in [2.75, 3.05) is 6.79 Å². The van der Waals surface area contributed by atoms with Gasteiger partial charge in [0.15, 0.2) is 13.1 Å². The molecule has 0 aromatic rings. The maximum absolute atomic E-state index is 5.15. The first kappa shape index (κ1) is 11.0. The monoisotopic (exact) mass is 186 g/mol. The summed E-state index contributed by atoms with van der Waals surface area (Å²) in [7, 11) is 0. The zero-order chi connectivity index (χ0) is 9.36. The van der Waals surface area contributed by atoms with E-state index in [4.69, 9.17) is 9.47 Å². The van der Waals surface area contributed by atoms with Crippen molar-refractivity contribution in [2.24, 2.45) is 0 Å². The van der Waals surface area contributed by atoms with Gasteiger partial charge in [-0.2, -0.15) is 0 Å². The highest BCUT2D eigenvalue weighted by Gasteiger charge is 2.16. The van der Waals surface area contributed by atoms with Gasteiger partial charge in [0.05, 0.1) is 0 Å². The van der Waals surface area contributed by atoms with E-state index < -0.39 is 0 Å². The van der Waals surface area contributed by atoms with Crippen LogP contribution in [0.1, 0.15) is 58.3 Å². The minimum Gasteiger partial charge on any atom is -0.326 e. The molecule has 1 heterocycles. The van der Waals surface area contributed by atoms with Crippen molar-refractivity contribution in [1.29, 1.82) is 0 Å². The summed E-state index contributed by atoms with van der Waals surface area (Å²) in [5.74, 6) is 0. The summed E-state index contributed by atoms with van der Waals surface area (Å²) in [5.41, 5.74) is 0. The molecule has 0 saturated carbocycles. The quantitative estimate of drug-likeness (QED) is 0.540. The molecule has 0 N–H and O–H groups in total. The second kappa shape index (κ2) is 7.34. The van der Waals surface area contributed by atoms with Crippen LogP contribution in [0.25, 0.3) is 0 Å². The predicted octanol–water partition coefficient (Wildman–Crippen LogP) is 3.46. The van der Waals surface area contributed by atoms with Gasteiger partial charge in [-0.25, -0.2) is 0 Å². The number of ether oxygens (including phenoxy) is 2. The van der Waals surface area contributed by atoms with E-state index in [2.05, 4.69) is 6.92 Å². The molecule has 0 aromatic carbocycles. The maximum Gasteiger partial charge on any atom is 0.163 e. The van der Waals surface area contributed by atoms with Crippen LogP contribution in [0, 0.1) is 0 Å². The first-order valence-corrected chi connectivity index (χ1v) is 5.66. The van der Waals surface area contributed by atoms with Crippen molar-refractivity contribution in [3.05, 3.63) is 0 Å². The van der Waals surface area contributed by atoms with Crippen molar-refractivity contribution >= 4 is 0 Å². The molecule has 0 spiro atoms. The van der Waals surface area contributed by atoms with E-state index in [-0.39, 0.29) is 6.29 Å². The van der Waals surface area contributed by atoms with Gasteiger partial charge >= 0.3 is 0 Å². The van der Waals surface area contributed by atoms with Crippen LogP contribution in [0.3, 0.4) is 0 Å². The van der Waals surface area contributed by atoms with Crippen molar-refractivity contribution < 1.29 is 9.47 Å². The van der Waals surface area contributed by atoms with Crippen LogP contribution in [0.2, 0.25) is 0 Å². The third-order valence-electron chi connectivity index (χ3n) is 2.55. The Morgan fingerprint density at radius 1 is 0.923 bits per heavy atom. The lowest BCUT2D eigenvalue weighted by atomic mass is 10.1. The molecule has 0 unspecified atom stereocenters. The molecular formula is C11H22O2. The molecule has 0 aliphatic carbocycles. The molecule has 1 aliphatic heterocycles. The minimum absolute atomic E-state index is 0.135. The molecule has 2 heteroatoms. The molecule has 1 rings (SSSR count). The van der Waals surface area contributed by atoms with E-state index in [1.165, 1.54) is 44.9 Å². The van der Waals surface area contributed by atoms with Crippen molar-refractivity contribution in [1.82, 2.24) is 0 Å². The van der Waals surface area contributed by atoms with Crippen molar-refractivity contribution in [2.45, 2.75) is 64.6 Å². The second-order valence-electron chi connectivity index (χ2n) is 3.79. The van der Waals surface area contributed by atoms with E-state index in [0.29, 0.717) is 6.79 Å². The number of hydrogen-bond donors (Lipinski definition) is 0. The highest BCUT2D eigenvalue weighted by atomic mass is 16.8. The second-order valence-corrected chi connectivity index (χ2v) is 3.79. The first-order valence-electron chi connectivity index (χ1n) is 5.66. The summed E-state index contributed by atoms with van der Waals surface area (Å²) in [6.07, 6.45) is 10.8. The third kappa shape index (κ3) is 5.27. The van der Waals surface area contributed by atoms with Crippen LogP contribution < -0.4 is 0 Å². The lowest BCUT2D eigenvalue weighted by Gasteiger charge is -2.26. The van der Waals surface area contributed by atoms with Gasteiger partial charge in [-0.1, -0.05) is 45.4 Å². The molecule has 0 radical (unpaired) electrons. The average Bonchev–Trinajstić information content (AvgIpc) is 2.07. The molecule has 78 valence electrons. The van der Waals surface area contributed by atoms with E-state index in [1.54, 1.807) is 0 Å². The molecule has 1 fully saturated rings. The summed E-state index contributed by atoms with van der Waals surface area (Å²) in [6, 6.07) is 0. The van der Waals surface area contributed by atoms with Crippen LogP contribution >= 0.6 is 0 Å². The number of hydrogen-bond acceptors (Lipinski definition) is 2. The summed E-state index contributed by atoms with van der Waals surface area (Å²) >= 11 is 0. The molecule has 2 nitrogen and oxygen atoms in total. The number of unbranched alkanes of at least 4 members (excludes halogenated alkanes) is 6. The Bertz CT molecular complexity index is 111. The van der Waals surface area contributed by atoms with Gasteiger partial charge in [-0.05, 0) is 12.8 Å². The van der Waals surface area contributed by atoms with Gasteiger partial charge in [-0.3, -0.25) is 0 Å². The first-order chi connectivity index (χ1) is 6.43. The molecule has 0 atom stereocenters. The lowest BCUT2D eigenvalue weighted by Crippen LogP contribution is -2.30. The van der Waals surface area contributed by atoms with Gasteiger partial charge in [0, 0.05) is 0 Å². The average molecular weight is 186 g/mol. The smallest absolute Gasteiger partial charge is 0.163 e. The van der Waals surface area contributed by atoms with Gasteiger partial charge in [0.1, 0.15) is 0 Å². The molecular weight excluding hydrogens is 164 g/mol. The van der Waals surface area contributed by atoms with Crippen molar-refractivity contribution in [3.8, 4) is 0 Å². The molecule has 1 saturated heterocycles. The van der Waals surface area contributed by atoms with E-state index >= 15 is 0 Å². The van der Waals surface area contributed by atoms with E-state index in [1.807, 2.05) is 0 Å². The number of rotatable bonds is 8. The Balaban J connectivity index is 1.68. The van der Waals surface area contributed by atoms with Crippen LogP contribution in [0.15, 0.2) is 0 Å². The van der Waals surface area contributed by atoms with Gasteiger partial charge in [-0.15, -0.1) is 0 Å². The fourth-order valence-electron chi connectivity index (χ4n) is 1.60. The summed E-state index contributed by atoms with van der Waals surface area (Å²) in [4.78, 5) is 0. The van der Waals surface area contributed by atoms with Gasteiger partial charge < -0.3 is 9.47 Å². The van der Waals surface area contributed by atoms with Crippen LogP contribution in [0.5, 0.6) is 0 Å². The van der Waals surface area contributed by atoms with Gasteiger partial charge in [0.25, 0.3) is 0 Å². The Labute approximate surface area is 81.6 Å². The topological polar surface area (TPSA) is 18.5 Å².